The van der Waals surface area contributed by atoms with E-state index in [2.05, 4.69) is 15.2 Å². The maximum absolute atomic E-state index is 11.5. The van der Waals surface area contributed by atoms with Crippen LogP contribution in [0.25, 0.3) is 0 Å². The lowest BCUT2D eigenvalue weighted by molar-refractivity contribution is -0.128. The van der Waals surface area contributed by atoms with Gasteiger partial charge in [-0.15, -0.1) is 24.0 Å². The third-order valence-electron chi connectivity index (χ3n) is 3.91. The first-order valence-corrected chi connectivity index (χ1v) is 7.74. The van der Waals surface area contributed by atoms with E-state index in [4.69, 9.17) is 4.74 Å². The van der Waals surface area contributed by atoms with E-state index in [0.717, 1.165) is 50.9 Å². The Labute approximate surface area is 151 Å². The van der Waals surface area contributed by atoms with Gasteiger partial charge >= 0.3 is 0 Å². The van der Waals surface area contributed by atoms with E-state index in [1.807, 2.05) is 7.05 Å². The average Bonchev–Trinajstić information content (AvgIpc) is 2.50. The van der Waals surface area contributed by atoms with Crippen LogP contribution in [0.5, 0.6) is 0 Å². The van der Waals surface area contributed by atoms with E-state index in [0.29, 0.717) is 13.0 Å². The molecule has 130 valence electrons. The molecule has 0 atom stereocenters. The molecule has 0 aromatic heterocycles. The fourth-order valence-corrected chi connectivity index (χ4v) is 2.41. The van der Waals surface area contributed by atoms with Gasteiger partial charge in [0.25, 0.3) is 0 Å². The molecule has 0 radical (unpaired) electrons. The van der Waals surface area contributed by atoms with Gasteiger partial charge in [-0.2, -0.15) is 0 Å². The Kier molecular flexibility index (Phi) is 11.6. The molecule has 0 saturated carbocycles. The molecular weight excluding hydrogens is 395 g/mol. The highest BCUT2D eigenvalue weighted by Crippen LogP contribution is 2.18. The van der Waals surface area contributed by atoms with Crippen LogP contribution in [0, 0.1) is 5.92 Å². The van der Waals surface area contributed by atoms with Gasteiger partial charge in [-0.1, -0.05) is 0 Å². The fourth-order valence-electron chi connectivity index (χ4n) is 2.41. The second kappa shape index (κ2) is 11.9. The molecule has 1 rings (SSSR count). The molecule has 1 amide bonds. The van der Waals surface area contributed by atoms with Crippen LogP contribution in [0.4, 0.5) is 0 Å². The maximum atomic E-state index is 11.5. The SMILES string of the molecule is CN=C(NCCC(=O)N(C)C)N(C)CCC1CCOCC1.I. The summed E-state index contributed by atoms with van der Waals surface area (Å²) in [6, 6.07) is 0. The van der Waals surface area contributed by atoms with Gasteiger partial charge in [0.1, 0.15) is 0 Å². The van der Waals surface area contributed by atoms with Crippen molar-refractivity contribution in [3.8, 4) is 0 Å². The number of carbonyl (C=O) groups excluding carboxylic acids is 1. The largest absolute Gasteiger partial charge is 0.381 e. The van der Waals surface area contributed by atoms with E-state index in [1.54, 1.807) is 26.0 Å². The van der Waals surface area contributed by atoms with Crippen LogP contribution in [0.2, 0.25) is 0 Å². The van der Waals surface area contributed by atoms with Gasteiger partial charge in [-0.25, -0.2) is 0 Å². The summed E-state index contributed by atoms with van der Waals surface area (Å²) in [5.74, 6) is 1.74. The van der Waals surface area contributed by atoms with Crippen molar-refractivity contribution >= 4 is 35.8 Å². The van der Waals surface area contributed by atoms with E-state index in [9.17, 15) is 4.79 Å². The minimum atomic E-state index is 0. The monoisotopic (exact) mass is 426 g/mol. The summed E-state index contributed by atoms with van der Waals surface area (Å²) in [7, 11) is 7.37. The second-order valence-electron chi connectivity index (χ2n) is 5.78. The van der Waals surface area contributed by atoms with E-state index in [1.165, 1.54) is 0 Å². The lowest BCUT2D eigenvalue weighted by atomic mass is 9.96. The summed E-state index contributed by atoms with van der Waals surface area (Å²) in [4.78, 5) is 19.6. The highest BCUT2D eigenvalue weighted by Gasteiger charge is 2.15. The minimum absolute atomic E-state index is 0. The summed E-state index contributed by atoms with van der Waals surface area (Å²) >= 11 is 0. The molecule has 0 aromatic rings. The Balaban J connectivity index is 0.00000441. The zero-order valence-electron chi connectivity index (χ0n) is 14.3. The number of carbonyl (C=O) groups is 1. The van der Waals surface area contributed by atoms with Gasteiger partial charge in [0, 0.05) is 60.9 Å². The molecule has 0 aromatic carbocycles. The van der Waals surface area contributed by atoms with Gasteiger partial charge in [-0.05, 0) is 25.2 Å². The molecule has 1 fully saturated rings. The minimum Gasteiger partial charge on any atom is -0.381 e. The average molecular weight is 426 g/mol. The van der Waals surface area contributed by atoms with Crippen LogP contribution >= 0.6 is 24.0 Å². The Morgan fingerprint density at radius 3 is 2.45 bits per heavy atom. The molecule has 1 aliphatic rings. The third kappa shape index (κ3) is 8.17. The first kappa shape index (κ1) is 21.4. The van der Waals surface area contributed by atoms with Crippen LogP contribution in [-0.4, -0.2) is 76.2 Å². The van der Waals surface area contributed by atoms with Crippen molar-refractivity contribution in [2.75, 3.05) is 54.5 Å². The summed E-state index contributed by atoms with van der Waals surface area (Å²) < 4.78 is 5.38. The highest BCUT2D eigenvalue weighted by molar-refractivity contribution is 14.0. The quantitative estimate of drug-likeness (QED) is 0.397. The van der Waals surface area contributed by atoms with Crippen LogP contribution in [0.1, 0.15) is 25.7 Å². The van der Waals surface area contributed by atoms with Crippen LogP contribution in [0.15, 0.2) is 4.99 Å². The topological polar surface area (TPSA) is 57.2 Å². The van der Waals surface area contributed by atoms with Gasteiger partial charge in [0.2, 0.25) is 5.91 Å². The number of halogens is 1. The number of nitrogens with zero attached hydrogens (tertiary/aromatic N) is 3. The number of hydrogen-bond acceptors (Lipinski definition) is 3. The zero-order chi connectivity index (χ0) is 15.7. The van der Waals surface area contributed by atoms with Crippen molar-refractivity contribution in [1.82, 2.24) is 15.1 Å². The number of ether oxygens (including phenoxy) is 1. The molecule has 1 aliphatic heterocycles. The Hall–Kier alpha value is -0.570. The number of amides is 1. The summed E-state index contributed by atoms with van der Waals surface area (Å²) in [5.41, 5.74) is 0. The molecular formula is C15H31IN4O2. The van der Waals surface area contributed by atoms with Gasteiger partial charge in [-0.3, -0.25) is 9.79 Å². The fraction of sp³-hybridized carbons (Fsp3) is 0.867. The van der Waals surface area contributed by atoms with Gasteiger partial charge < -0.3 is 19.9 Å². The molecule has 1 heterocycles. The van der Waals surface area contributed by atoms with Gasteiger partial charge in [0.15, 0.2) is 5.96 Å². The lowest BCUT2D eigenvalue weighted by Gasteiger charge is -2.26. The van der Waals surface area contributed by atoms with E-state index < -0.39 is 0 Å². The van der Waals surface area contributed by atoms with Crippen molar-refractivity contribution in [1.29, 1.82) is 0 Å². The molecule has 1 saturated heterocycles. The predicted octanol–water partition coefficient (Wildman–Crippen LogP) is 1.41. The number of nitrogens with one attached hydrogen (secondary N) is 1. The second-order valence-corrected chi connectivity index (χ2v) is 5.78. The lowest BCUT2D eigenvalue weighted by Crippen LogP contribution is -2.41. The van der Waals surface area contributed by atoms with Crippen molar-refractivity contribution < 1.29 is 9.53 Å². The standard InChI is InChI=1S/C15H30N4O2.HI/c1-16-15(17-9-5-14(20)18(2)3)19(4)10-6-13-7-11-21-12-8-13;/h13H,5-12H2,1-4H3,(H,16,17);1H. The normalized spacial score (nSPS) is 15.9. The Morgan fingerprint density at radius 2 is 1.91 bits per heavy atom. The molecule has 7 heteroatoms. The first-order valence-electron chi connectivity index (χ1n) is 7.74. The number of aliphatic imine (C=N–C) groups is 1. The molecule has 0 aliphatic carbocycles. The van der Waals surface area contributed by atoms with Crippen molar-refractivity contribution in [2.24, 2.45) is 10.9 Å². The molecule has 0 spiro atoms. The maximum Gasteiger partial charge on any atom is 0.223 e. The van der Waals surface area contributed by atoms with Crippen molar-refractivity contribution in [2.45, 2.75) is 25.7 Å². The molecule has 0 unspecified atom stereocenters. The third-order valence-corrected chi connectivity index (χ3v) is 3.91. The Morgan fingerprint density at radius 1 is 1.27 bits per heavy atom. The first-order chi connectivity index (χ1) is 10.0. The van der Waals surface area contributed by atoms with Crippen molar-refractivity contribution in [3.63, 3.8) is 0 Å². The summed E-state index contributed by atoms with van der Waals surface area (Å²) in [6.07, 6.45) is 3.98. The number of hydrogen-bond donors (Lipinski definition) is 1. The van der Waals surface area contributed by atoms with Gasteiger partial charge in [0.05, 0.1) is 0 Å². The smallest absolute Gasteiger partial charge is 0.223 e. The molecule has 6 nitrogen and oxygen atoms in total. The highest BCUT2D eigenvalue weighted by atomic mass is 127. The summed E-state index contributed by atoms with van der Waals surface area (Å²) in [5, 5.41) is 3.25. The molecule has 22 heavy (non-hydrogen) atoms. The van der Waals surface area contributed by atoms with E-state index >= 15 is 0 Å². The zero-order valence-corrected chi connectivity index (χ0v) is 16.6. The van der Waals surface area contributed by atoms with E-state index in [-0.39, 0.29) is 29.9 Å². The molecule has 0 bridgehead atoms. The van der Waals surface area contributed by atoms with Crippen LogP contribution < -0.4 is 5.32 Å². The Bertz CT molecular complexity index is 344. The molecule has 1 N–H and O–H groups in total. The van der Waals surface area contributed by atoms with Crippen LogP contribution in [0.3, 0.4) is 0 Å². The predicted molar refractivity (Wildman–Crippen MR) is 101 cm³/mol. The van der Waals surface area contributed by atoms with Crippen LogP contribution in [-0.2, 0) is 9.53 Å². The number of rotatable bonds is 6. The number of guanidine groups is 1. The summed E-state index contributed by atoms with van der Waals surface area (Å²) in [6.45, 7) is 3.39. The van der Waals surface area contributed by atoms with Crippen molar-refractivity contribution in [3.05, 3.63) is 0 Å².